The highest BCUT2D eigenvalue weighted by Gasteiger charge is 2.44. The Morgan fingerprint density at radius 3 is 2.35 bits per heavy atom. The van der Waals surface area contributed by atoms with Crippen LogP contribution in [-0.2, 0) is 10.3 Å². The molecule has 2 nitrogen and oxygen atoms in total. The predicted octanol–water partition coefficient (Wildman–Crippen LogP) is 3.38. The van der Waals surface area contributed by atoms with Crippen molar-refractivity contribution in [1.29, 1.82) is 0 Å². The number of rotatable bonds is 3. The summed E-state index contributed by atoms with van der Waals surface area (Å²) in [4.78, 5) is 11.7. The first kappa shape index (κ1) is 14.3. The molecular weight excluding hydrogens is 285 g/mol. The maximum Gasteiger partial charge on any atom is 0.137 e. The number of hydrogen-bond acceptors (Lipinski definition) is 2. The van der Waals surface area contributed by atoms with Gasteiger partial charge in [0.05, 0.1) is 5.54 Å². The predicted molar refractivity (Wildman–Crippen MR) is 70.1 cm³/mol. The Morgan fingerprint density at radius 2 is 1.88 bits per heavy atom. The van der Waals surface area contributed by atoms with Gasteiger partial charge in [0.1, 0.15) is 11.6 Å². The normalized spacial score (nSPS) is 15.5. The molecule has 1 aromatic rings. The molecule has 4 heteroatoms. The van der Waals surface area contributed by atoms with E-state index in [0.29, 0.717) is 5.56 Å². The monoisotopic (exact) mass is 301 g/mol. The molecule has 0 bridgehead atoms. The van der Waals surface area contributed by atoms with Gasteiger partial charge in [-0.1, -0.05) is 29.8 Å². The quantitative estimate of drug-likeness (QED) is 0.930. The third kappa shape index (κ3) is 2.43. The molecule has 0 heterocycles. The summed E-state index contributed by atoms with van der Waals surface area (Å²) < 4.78 is 14.6. The lowest BCUT2D eigenvalue weighted by molar-refractivity contribution is -0.128. The average molecular weight is 302 g/mol. The van der Waals surface area contributed by atoms with Gasteiger partial charge in [0.25, 0.3) is 0 Å². The molecule has 0 radical (unpaired) electrons. The van der Waals surface area contributed by atoms with Crippen molar-refractivity contribution in [3.05, 3.63) is 34.1 Å². The Labute approximate surface area is 110 Å². The van der Waals surface area contributed by atoms with Crippen LogP contribution in [0, 0.1) is 11.2 Å². The van der Waals surface area contributed by atoms with E-state index >= 15 is 0 Å². The molecule has 1 atom stereocenters. The van der Waals surface area contributed by atoms with Gasteiger partial charge in [-0.25, -0.2) is 4.39 Å². The zero-order chi connectivity index (χ0) is 13.4. The summed E-state index contributed by atoms with van der Waals surface area (Å²) in [6.45, 7) is 6.62. The molecule has 1 aromatic carbocycles. The van der Waals surface area contributed by atoms with Crippen LogP contribution in [0.2, 0.25) is 0 Å². The lowest BCUT2D eigenvalue weighted by atomic mass is 9.67. The Hall–Kier alpha value is -0.740. The van der Waals surface area contributed by atoms with E-state index in [0.717, 1.165) is 4.47 Å². The van der Waals surface area contributed by atoms with Gasteiger partial charge in [-0.2, -0.15) is 0 Å². The van der Waals surface area contributed by atoms with Crippen molar-refractivity contribution in [2.45, 2.75) is 33.2 Å². The third-order valence-corrected chi connectivity index (χ3v) is 4.16. The second kappa shape index (κ2) is 4.50. The number of ketones is 1. The minimum Gasteiger partial charge on any atom is -0.321 e. The van der Waals surface area contributed by atoms with E-state index in [9.17, 15) is 9.18 Å². The first-order chi connectivity index (χ1) is 7.60. The summed E-state index contributed by atoms with van der Waals surface area (Å²) in [7, 11) is 0. The zero-order valence-corrected chi connectivity index (χ0v) is 12.1. The number of Topliss-reactive ketones (excluding diaryl/α,β-unsaturated/α-hetero) is 1. The standard InChI is InChI=1S/C13H17BrFNO/c1-8(17)12(2,3)13(4,16)10-7-9(14)5-6-11(10)15/h5-7H,16H2,1-4H3/t13-/m1/s1. The van der Waals surface area contributed by atoms with Gasteiger partial charge < -0.3 is 5.73 Å². The molecule has 0 aliphatic carbocycles. The number of carbonyl (C=O) groups excluding carboxylic acids is 1. The van der Waals surface area contributed by atoms with Crippen molar-refractivity contribution in [2.24, 2.45) is 11.1 Å². The van der Waals surface area contributed by atoms with E-state index < -0.39 is 16.8 Å². The highest BCUT2D eigenvalue weighted by atomic mass is 79.9. The summed E-state index contributed by atoms with van der Waals surface area (Å²) in [5, 5.41) is 0. The van der Waals surface area contributed by atoms with E-state index in [1.165, 1.54) is 13.0 Å². The highest BCUT2D eigenvalue weighted by molar-refractivity contribution is 9.10. The van der Waals surface area contributed by atoms with Crippen molar-refractivity contribution in [2.75, 3.05) is 0 Å². The average Bonchev–Trinajstić information content (AvgIpc) is 2.21. The van der Waals surface area contributed by atoms with Gasteiger partial charge in [-0.05, 0) is 32.0 Å². The largest absolute Gasteiger partial charge is 0.321 e. The Morgan fingerprint density at radius 1 is 1.35 bits per heavy atom. The van der Waals surface area contributed by atoms with Crippen molar-refractivity contribution >= 4 is 21.7 Å². The van der Waals surface area contributed by atoms with Crippen LogP contribution in [0.1, 0.15) is 33.3 Å². The lowest BCUT2D eigenvalue weighted by Gasteiger charge is -2.40. The molecule has 0 aromatic heterocycles. The minimum atomic E-state index is -1.06. The van der Waals surface area contributed by atoms with Gasteiger partial charge >= 0.3 is 0 Å². The summed E-state index contributed by atoms with van der Waals surface area (Å²) in [5.74, 6) is -0.464. The Kier molecular flexibility index (Phi) is 3.79. The first-order valence-corrected chi connectivity index (χ1v) is 6.15. The number of halogens is 2. The van der Waals surface area contributed by atoms with E-state index in [1.807, 2.05) is 0 Å². The fourth-order valence-electron chi connectivity index (χ4n) is 1.60. The number of hydrogen-bond donors (Lipinski definition) is 1. The number of carbonyl (C=O) groups is 1. The van der Waals surface area contributed by atoms with Crippen LogP contribution in [0.3, 0.4) is 0 Å². The number of nitrogens with two attached hydrogens (primary N) is 1. The smallest absolute Gasteiger partial charge is 0.137 e. The first-order valence-electron chi connectivity index (χ1n) is 5.36. The Bertz CT molecular complexity index is 455. The molecule has 94 valence electrons. The molecule has 0 aliphatic heterocycles. The maximum absolute atomic E-state index is 13.8. The Balaban J connectivity index is 3.40. The van der Waals surface area contributed by atoms with Crippen LogP contribution in [0.4, 0.5) is 4.39 Å². The SMILES string of the molecule is CC(=O)C(C)(C)[C@](C)(N)c1cc(Br)ccc1F. The van der Waals surface area contributed by atoms with Crippen molar-refractivity contribution < 1.29 is 9.18 Å². The number of benzene rings is 1. The van der Waals surface area contributed by atoms with E-state index in [2.05, 4.69) is 15.9 Å². The molecular formula is C13H17BrFNO. The summed E-state index contributed by atoms with van der Waals surface area (Å²) in [6.07, 6.45) is 0. The van der Waals surface area contributed by atoms with Gasteiger partial charge in [0.2, 0.25) is 0 Å². The molecule has 0 amide bonds. The second-order valence-corrected chi connectivity index (χ2v) is 5.92. The van der Waals surface area contributed by atoms with Crippen molar-refractivity contribution in [3.63, 3.8) is 0 Å². The van der Waals surface area contributed by atoms with E-state index in [4.69, 9.17) is 5.73 Å². The summed E-state index contributed by atoms with van der Waals surface area (Å²) in [5.41, 5.74) is 4.64. The van der Waals surface area contributed by atoms with Gasteiger partial charge in [0.15, 0.2) is 0 Å². The summed E-state index contributed by atoms with van der Waals surface area (Å²) >= 11 is 3.29. The van der Waals surface area contributed by atoms with Gasteiger partial charge in [-0.3, -0.25) is 4.79 Å². The fourth-order valence-corrected chi connectivity index (χ4v) is 1.96. The molecule has 0 spiro atoms. The van der Waals surface area contributed by atoms with E-state index in [1.54, 1.807) is 32.9 Å². The van der Waals surface area contributed by atoms with Crippen LogP contribution in [0.25, 0.3) is 0 Å². The van der Waals surface area contributed by atoms with Crippen molar-refractivity contribution in [1.82, 2.24) is 0 Å². The van der Waals surface area contributed by atoms with Crippen LogP contribution in [0.5, 0.6) is 0 Å². The van der Waals surface area contributed by atoms with Crippen LogP contribution in [0.15, 0.2) is 22.7 Å². The highest BCUT2D eigenvalue weighted by Crippen LogP contribution is 2.39. The second-order valence-electron chi connectivity index (χ2n) is 5.01. The fraction of sp³-hybridized carbons (Fsp3) is 0.462. The molecule has 0 fully saturated rings. The molecule has 2 N–H and O–H groups in total. The van der Waals surface area contributed by atoms with Crippen LogP contribution < -0.4 is 5.73 Å². The molecule has 17 heavy (non-hydrogen) atoms. The van der Waals surface area contributed by atoms with Crippen LogP contribution >= 0.6 is 15.9 Å². The molecule has 0 saturated carbocycles. The molecule has 1 rings (SSSR count). The van der Waals surface area contributed by atoms with Gasteiger partial charge in [0, 0.05) is 15.5 Å². The van der Waals surface area contributed by atoms with Gasteiger partial charge in [-0.15, -0.1) is 0 Å². The van der Waals surface area contributed by atoms with E-state index in [-0.39, 0.29) is 5.78 Å². The minimum absolute atomic E-state index is 0.0677. The molecule has 0 aliphatic rings. The third-order valence-electron chi connectivity index (χ3n) is 3.67. The molecule has 0 unspecified atom stereocenters. The maximum atomic E-state index is 13.8. The molecule has 0 saturated heterocycles. The zero-order valence-electron chi connectivity index (χ0n) is 10.5. The van der Waals surface area contributed by atoms with Crippen molar-refractivity contribution in [3.8, 4) is 0 Å². The summed E-state index contributed by atoms with van der Waals surface area (Å²) in [6, 6.07) is 4.58. The lowest BCUT2D eigenvalue weighted by Crippen LogP contribution is -2.51. The topological polar surface area (TPSA) is 43.1 Å². The van der Waals surface area contributed by atoms with Crippen LogP contribution in [-0.4, -0.2) is 5.78 Å².